The summed E-state index contributed by atoms with van der Waals surface area (Å²) in [6, 6.07) is 12.1. The van der Waals surface area contributed by atoms with Crippen LogP contribution in [0.5, 0.6) is 5.88 Å². The topological polar surface area (TPSA) is 73.0 Å². The molecule has 6 nitrogen and oxygen atoms in total. The van der Waals surface area contributed by atoms with Crippen molar-refractivity contribution in [1.82, 2.24) is 14.8 Å². The lowest BCUT2D eigenvalue weighted by molar-refractivity contribution is 0.0199. The van der Waals surface area contributed by atoms with E-state index >= 15 is 0 Å². The van der Waals surface area contributed by atoms with E-state index < -0.39 is 8.07 Å². The number of nitrogens with zero attached hydrogens (tertiary/aromatic N) is 4. The predicted octanol–water partition coefficient (Wildman–Crippen LogP) is 4.64. The highest BCUT2D eigenvalue weighted by Gasteiger charge is 2.16. The van der Waals surface area contributed by atoms with E-state index in [1.54, 1.807) is 29.1 Å². The van der Waals surface area contributed by atoms with Crippen molar-refractivity contribution in [3.63, 3.8) is 0 Å². The zero-order chi connectivity index (χ0) is 19.4. The van der Waals surface area contributed by atoms with E-state index in [0.29, 0.717) is 23.2 Å². The number of pyridine rings is 1. The number of benzene rings is 1. The van der Waals surface area contributed by atoms with Gasteiger partial charge in [-0.3, -0.25) is 0 Å². The van der Waals surface area contributed by atoms with Gasteiger partial charge in [-0.05, 0) is 24.2 Å². The van der Waals surface area contributed by atoms with Crippen molar-refractivity contribution < 1.29 is 9.47 Å². The van der Waals surface area contributed by atoms with Crippen LogP contribution in [0.1, 0.15) is 5.56 Å². The summed E-state index contributed by atoms with van der Waals surface area (Å²) in [6.07, 6.45) is 1.63. The Morgan fingerprint density at radius 1 is 1.26 bits per heavy atom. The average Bonchev–Trinajstić information content (AvgIpc) is 2.98. The number of rotatable bonds is 7. The lowest BCUT2D eigenvalue weighted by Gasteiger charge is -2.15. The number of hydrogen-bond acceptors (Lipinski definition) is 5. The summed E-state index contributed by atoms with van der Waals surface area (Å²) in [5.74, 6) is 0.421. The molecule has 0 unspecified atom stereocenters. The molecule has 1 aromatic carbocycles. The Hall–Kier alpha value is -2.40. The minimum atomic E-state index is -1.14. The fraction of sp³-hybridized carbons (Fsp3) is 0.316. The van der Waals surface area contributed by atoms with Crippen LogP contribution in [-0.2, 0) is 4.74 Å². The third-order valence-corrected chi connectivity index (χ3v) is 5.90. The van der Waals surface area contributed by atoms with Crippen LogP contribution in [-0.4, -0.2) is 36.2 Å². The second kappa shape index (κ2) is 8.09. The van der Waals surface area contributed by atoms with E-state index in [9.17, 15) is 0 Å². The third kappa shape index (κ3) is 4.86. The van der Waals surface area contributed by atoms with E-state index in [4.69, 9.17) is 26.3 Å². The lowest BCUT2D eigenvalue weighted by atomic mass is 10.2. The first kappa shape index (κ1) is 19.4. The summed E-state index contributed by atoms with van der Waals surface area (Å²) in [6.45, 7) is 7.70. The molecule has 0 atom stereocenters. The number of aromatic nitrogens is 3. The molecule has 0 N–H and O–H groups in total. The second-order valence-corrected chi connectivity index (χ2v) is 13.4. The normalized spacial score (nSPS) is 11.5. The van der Waals surface area contributed by atoms with Gasteiger partial charge in [-0.1, -0.05) is 37.3 Å². The van der Waals surface area contributed by atoms with Crippen molar-refractivity contribution in [3.8, 4) is 17.6 Å². The fourth-order valence-corrected chi connectivity index (χ4v) is 3.41. The smallest absolute Gasteiger partial charge is 0.244 e. The molecule has 8 heteroatoms. The molecule has 0 bridgehead atoms. The molecule has 3 rings (SSSR count). The highest BCUT2D eigenvalue weighted by atomic mass is 35.5. The highest BCUT2D eigenvalue weighted by Crippen LogP contribution is 2.28. The summed E-state index contributed by atoms with van der Waals surface area (Å²) >= 11 is 6.07. The minimum Gasteiger partial charge on any atom is -0.449 e. The van der Waals surface area contributed by atoms with Gasteiger partial charge in [0.1, 0.15) is 5.15 Å². The van der Waals surface area contributed by atoms with Crippen molar-refractivity contribution in [2.45, 2.75) is 25.7 Å². The standard InChI is InChI=1S/C19H21ClN4O2Si/c1-27(2,3)8-7-25-13-26-19-16-12-22-18(20)10-17(16)24(23-19)15-6-4-5-14(9-15)11-21/h4-6,9-10,12H,7-8,13H2,1-3H3. The summed E-state index contributed by atoms with van der Waals surface area (Å²) in [5, 5.41) is 14.8. The molecule has 2 heterocycles. The monoisotopic (exact) mass is 400 g/mol. The molecular weight excluding hydrogens is 380 g/mol. The van der Waals surface area contributed by atoms with Crippen molar-refractivity contribution in [1.29, 1.82) is 5.26 Å². The molecule has 3 aromatic rings. The first-order valence-electron chi connectivity index (χ1n) is 8.63. The third-order valence-electron chi connectivity index (χ3n) is 3.99. The Kier molecular flexibility index (Phi) is 5.80. The van der Waals surface area contributed by atoms with Gasteiger partial charge in [-0.2, -0.15) is 5.26 Å². The van der Waals surface area contributed by atoms with Gasteiger partial charge in [-0.25, -0.2) is 9.67 Å². The first-order chi connectivity index (χ1) is 12.9. The number of fused-ring (bicyclic) bond motifs is 1. The summed E-state index contributed by atoms with van der Waals surface area (Å²) < 4.78 is 13.1. The molecule has 0 saturated carbocycles. The van der Waals surface area contributed by atoms with Crippen molar-refractivity contribution in [2.24, 2.45) is 0 Å². The van der Waals surface area contributed by atoms with Gasteiger partial charge in [0.2, 0.25) is 5.88 Å². The van der Waals surface area contributed by atoms with Crippen molar-refractivity contribution in [3.05, 3.63) is 47.2 Å². The van der Waals surface area contributed by atoms with Gasteiger partial charge in [0.25, 0.3) is 0 Å². The van der Waals surface area contributed by atoms with E-state index in [1.165, 1.54) is 0 Å². The maximum Gasteiger partial charge on any atom is 0.244 e. The number of nitriles is 1. The number of hydrogen-bond donors (Lipinski definition) is 0. The maximum atomic E-state index is 9.15. The van der Waals surface area contributed by atoms with Crippen molar-refractivity contribution in [2.75, 3.05) is 13.4 Å². The Balaban J connectivity index is 1.85. The Morgan fingerprint density at radius 3 is 2.81 bits per heavy atom. The highest BCUT2D eigenvalue weighted by molar-refractivity contribution is 6.76. The van der Waals surface area contributed by atoms with Gasteiger partial charge in [-0.15, -0.1) is 5.10 Å². The van der Waals surface area contributed by atoms with Crippen LogP contribution < -0.4 is 4.74 Å². The summed E-state index contributed by atoms with van der Waals surface area (Å²) in [7, 11) is -1.14. The first-order valence-corrected chi connectivity index (χ1v) is 12.7. The Morgan fingerprint density at radius 2 is 2.07 bits per heavy atom. The molecule has 0 spiro atoms. The van der Waals surface area contributed by atoms with Crippen LogP contribution in [0.3, 0.4) is 0 Å². The van der Waals surface area contributed by atoms with E-state index in [0.717, 1.165) is 22.6 Å². The van der Waals surface area contributed by atoms with Gasteiger partial charge in [0.05, 0.1) is 28.2 Å². The SMILES string of the molecule is C[Si](C)(C)CCOCOc1nn(-c2cccc(C#N)c2)c2cc(Cl)ncc12. The molecule has 27 heavy (non-hydrogen) atoms. The van der Waals surface area contributed by atoms with Gasteiger partial charge in [0.15, 0.2) is 6.79 Å². The van der Waals surface area contributed by atoms with E-state index in [-0.39, 0.29) is 6.79 Å². The molecule has 0 saturated heterocycles. The molecule has 0 amide bonds. The van der Waals surface area contributed by atoms with E-state index in [1.807, 2.05) is 12.1 Å². The molecule has 140 valence electrons. The largest absolute Gasteiger partial charge is 0.449 e. The second-order valence-electron chi connectivity index (χ2n) is 7.38. The summed E-state index contributed by atoms with van der Waals surface area (Å²) in [5.41, 5.74) is 2.05. The van der Waals surface area contributed by atoms with Crippen LogP contribution in [0.2, 0.25) is 30.8 Å². The predicted molar refractivity (Wildman–Crippen MR) is 108 cm³/mol. The fourth-order valence-electron chi connectivity index (χ4n) is 2.50. The molecule has 0 aliphatic rings. The average molecular weight is 401 g/mol. The molecule has 0 aliphatic carbocycles. The zero-order valence-electron chi connectivity index (χ0n) is 15.6. The molecule has 0 aliphatic heterocycles. The minimum absolute atomic E-state index is 0.122. The van der Waals surface area contributed by atoms with Gasteiger partial charge >= 0.3 is 0 Å². The van der Waals surface area contributed by atoms with Gasteiger partial charge < -0.3 is 9.47 Å². The molecule has 0 radical (unpaired) electrons. The van der Waals surface area contributed by atoms with Crippen LogP contribution in [0, 0.1) is 11.3 Å². The van der Waals surface area contributed by atoms with Crippen LogP contribution in [0.4, 0.5) is 0 Å². The van der Waals surface area contributed by atoms with Crippen LogP contribution >= 0.6 is 11.6 Å². The molecule has 2 aromatic heterocycles. The summed E-state index contributed by atoms with van der Waals surface area (Å²) in [4.78, 5) is 4.13. The quantitative estimate of drug-likeness (QED) is 0.250. The van der Waals surface area contributed by atoms with Crippen LogP contribution in [0.15, 0.2) is 36.5 Å². The Bertz CT molecular complexity index is 992. The Labute approximate surface area is 164 Å². The van der Waals surface area contributed by atoms with E-state index in [2.05, 4.69) is 35.8 Å². The zero-order valence-corrected chi connectivity index (χ0v) is 17.3. The van der Waals surface area contributed by atoms with Crippen molar-refractivity contribution >= 4 is 30.6 Å². The lowest BCUT2D eigenvalue weighted by Crippen LogP contribution is -2.22. The van der Waals surface area contributed by atoms with Crippen LogP contribution in [0.25, 0.3) is 16.6 Å². The molecular formula is C19H21ClN4O2Si. The number of ether oxygens (including phenoxy) is 2. The van der Waals surface area contributed by atoms with Gasteiger partial charge in [0, 0.05) is 26.9 Å². The molecule has 0 fully saturated rings. The number of halogens is 1. The maximum absolute atomic E-state index is 9.15.